The quantitative estimate of drug-likeness (QED) is 0.348. The van der Waals surface area contributed by atoms with E-state index in [0.29, 0.717) is 0 Å². The zero-order valence-corrected chi connectivity index (χ0v) is 24.4. The molecule has 1 amide bonds. The van der Waals surface area contributed by atoms with E-state index in [2.05, 4.69) is 16.0 Å². The van der Waals surface area contributed by atoms with E-state index in [-0.39, 0.29) is 11.9 Å². The number of hydrogen-bond donors (Lipinski definition) is 2. The van der Waals surface area contributed by atoms with E-state index < -0.39 is 29.8 Å². The SMILES string of the molecule is CC1=NC(c2ccccc2)(c2ccccc2)C(=O)N1C1CCN(Cc2cccnc2)CC1.O=C(O)C(F)(F)F.O=C(O)C(F)(F)F. The molecule has 2 aliphatic heterocycles. The Hall–Kier alpha value is -4.79. The molecule has 15 heteroatoms. The first-order valence-electron chi connectivity index (χ1n) is 13.8. The molecule has 0 atom stereocenters. The van der Waals surface area contributed by atoms with Crippen LogP contribution in [0.25, 0.3) is 0 Å². The maximum atomic E-state index is 14.1. The lowest BCUT2D eigenvalue weighted by atomic mass is 9.82. The van der Waals surface area contributed by atoms with Crippen LogP contribution in [0.2, 0.25) is 0 Å². The Morgan fingerprint density at radius 2 is 1.28 bits per heavy atom. The number of carboxylic acid groups (broad SMARTS) is 2. The summed E-state index contributed by atoms with van der Waals surface area (Å²) in [7, 11) is 0. The average molecular weight is 653 g/mol. The number of carboxylic acids is 2. The molecule has 3 heterocycles. The predicted octanol–water partition coefficient (Wildman–Crippen LogP) is 5.52. The zero-order valence-electron chi connectivity index (χ0n) is 24.4. The number of halogens is 6. The number of amides is 1. The molecule has 0 spiro atoms. The number of amidine groups is 1. The topological polar surface area (TPSA) is 123 Å². The first kappa shape index (κ1) is 35.7. The van der Waals surface area contributed by atoms with Gasteiger partial charge in [-0.25, -0.2) is 14.6 Å². The number of carbonyl (C=O) groups is 3. The minimum atomic E-state index is -5.08. The predicted molar refractivity (Wildman–Crippen MR) is 154 cm³/mol. The molecule has 46 heavy (non-hydrogen) atoms. The maximum absolute atomic E-state index is 14.1. The van der Waals surface area contributed by atoms with E-state index in [1.807, 2.05) is 90.9 Å². The highest BCUT2D eigenvalue weighted by Crippen LogP contribution is 2.41. The van der Waals surface area contributed by atoms with Gasteiger partial charge >= 0.3 is 24.3 Å². The van der Waals surface area contributed by atoms with Crippen molar-refractivity contribution in [1.82, 2.24) is 14.8 Å². The Bertz CT molecular complexity index is 1430. The Kier molecular flexibility index (Phi) is 11.6. The van der Waals surface area contributed by atoms with E-state index in [1.54, 1.807) is 0 Å². The number of hydrogen-bond acceptors (Lipinski definition) is 6. The van der Waals surface area contributed by atoms with E-state index in [1.165, 1.54) is 5.56 Å². The van der Waals surface area contributed by atoms with Gasteiger partial charge in [0.05, 0.1) is 0 Å². The molecule has 2 aliphatic rings. The fraction of sp³-hybridized carbons (Fsp3) is 0.323. The number of benzene rings is 2. The molecule has 0 saturated carbocycles. The molecular weight excluding hydrogens is 622 g/mol. The van der Waals surface area contributed by atoms with E-state index in [4.69, 9.17) is 24.8 Å². The van der Waals surface area contributed by atoms with Crippen molar-refractivity contribution in [3.05, 3.63) is 102 Å². The molecule has 1 saturated heterocycles. The molecule has 0 bridgehead atoms. The summed E-state index contributed by atoms with van der Waals surface area (Å²) >= 11 is 0. The minimum Gasteiger partial charge on any atom is -0.475 e. The van der Waals surface area contributed by atoms with Crippen molar-refractivity contribution in [3.8, 4) is 0 Å². The van der Waals surface area contributed by atoms with Gasteiger partial charge in [0.2, 0.25) is 0 Å². The van der Waals surface area contributed by atoms with E-state index in [9.17, 15) is 31.1 Å². The number of alkyl halides is 6. The third-order valence-corrected chi connectivity index (χ3v) is 7.13. The van der Waals surface area contributed by atoms with Crippen molar-refractivity contribution in [2.24, 2.45) is 4.99 Å². The van der Waals surface area contributed by atoms with Crippen LogP contribution in [0.3, 0.4) is 0 Å². The number of aliphatic carboxylic acids is 2. The summed E-state index contributed by atoms with van der Waals surface area (Å²) in [6.07, 6.45) is -4.54. The Morgan fingerprint density at radius 3 is 1.67 bits per heavy atom. The van der Waals surface area contributed by atoms with Gasteiger partial charge in [-0.05, 0) is 42.5 Å². The summed E-state index contributed by atoms with van der Waals surface area (Å²) < 4.78 is 63.5. The summed E-state index contributed by atoms with van der Waals surface area (Å²) in [6.45, 7) is 4.80. The van der Waals surface area contributed by atoms with Crippen LogP contribution in [-0.2, 0) is 26.5 Å². The number of aliphatic imine (C=N–C) groups is 1. The first-order valence-corrected chi connectivity index (χ1v) is 13.8. The zero-order chi connectivity index (χ0) is 34.1. The number of carbonyl (C=O) groups excluding carboxylic acids is 1. The summed E-state index contributed by atoms with van der Waals surface area (Å²) in [5.74, 6) is -4.63. The molecule has 1 fully saturated rings. The Labute approximate surface area is 259 Å². The number of piperidine rings is 1. The second-order valence-corrected chi connectivity index (χ2v) is 10.3. The van der Waals surface area contributed by atoms with Gasteiger partial charge in [-0.2, -0.15) is 26.3 Å². The van der Waals surface area contributed by atoms with Crippen LogP contribution >= 0.6 is 0 Å². The number of nitrogens with zero attached hydrogens (tertiary/aromatic N) is 4. The first-order chi connectivity index (χ1) is 21.6. The largest absolute Gasteiger partial charge is 0.490 e. The summed E-state index contributed by atoms with van der Waals surface area (Å²) in [5, 5.41) is 14.2. The lowest BCUT2D eigenvalue weighted by Gasteiger charge is -2.38. The van der Waals surface area contributed by atoms with Crippen LogP contribution in [0, 0.1) is 0 Å². The third kappa shape index (κ3) is 8.90. The second-order valence-electron chi connectivity index (χ2n) is 10.3. The van der Waals surface area contributed by atoms with Crippen LogP contribution < -0.4 is 0 Å². The molecule has 246 valence electrons. The van der Waals surface area contributed by atoms with Gasteiger partial charge in [-0.3, -0.25) is 19.6 Å². The van der Waals surface area contributed by atoms with Crippen molar-refractivity contribution in [3.63, 3.8) is 0 Å². The number of aromatic nitrogens is 1. The summed E-state index contributed by atoms with van der Waals surface area (Å²) in [5.41, 5.74) is 2.08. The molecule has 2 aromatic carbocycles. The number of likely N-dealkylation sites (tertiary alicyclic amines) is 1. The van der Waals surface area contributed by atoms with Crippen LogP contribution in [0.4, 0.5) is 26.3 Å². The molecule has 0 radical (unpaired) electrons. The van der Waals surface area contributed by atoms with Crippen molar-refractivity contribution < 1.29 is 50.9 Å². The van der Waals surface area contributed by atoms with Crippen LogP contribution in [0.15, 0.2) is 90.2 Å². The normalized spacial score (nSPS) is 16.8. The Morgan fingerprint density at radius 1 is 0.826 bits per heavy atom. The highest BCUT2D eigenvalue weighted by atomic mass is 19.4. The lowest BCUT2D eigenvalue weighted by Crippen LogP contribution is -2.50. The number of pyridine rings is 1. The van der Waals surface area contributed by atoms with Crippen molar-refractivity contribution >= 4 is 23.7 Å². The van der Waals surface area contributed by atoms with Crippen molar-refractivity contribution in [2.75, 3.05) is 13.1 Å². The molecular formula is C31H30F6N4O5. The molecule has 0 aliphatic carbocycles. The molecule has 1 aromatic heterocycles. The van der Waals surface area contributed by atoms with Gasteiger partial charge in [-0.1, -0.05) is 66.7 Å². The molecule has 5 rings (SSSR count). The fourth-order valence-corrected chi connectivity index (χ4v) is 5.08. The van der Waals surface area contributed by atoms with Gasteiger partial charge < -0.3 is 10.2 Å². The fourth-order valence-electron chi connectivity index (χ4n) is 5.08. The molecule has 3 aromatic rings. The molecule has 9 nitrogen and oxygen atoms in total. The van der Waals surface area contributed by atoms with Crippen molar-refractivity contribution in [2.45, 2.75) is 50.2 Å². The lowest BCUT2D eigenvalue weighted by molar-refractivity contribution is -0.193. The summed E-state index contributed by atoms with van der Waals surface area (Å²) in [4.78, 5) is 45.6. The third-order valence-electron chi connectivity index (χ3n) is 7.13. The van der Waals surface area contributed by atoms with E-state index >= 15 is 0 Å². The number of rotatable bonds is 5. The van der Waals surface area contributed by atoms with Crippen LogP contribution in [-0.4, -0.2) is 80.2 Å². The second kappa shape index (κ2) is 15.0. The standard InChI is InChI=1S/C27H28N4O.2C2HF3O2/c1-21-29-27(23-10-4-2-5-11-23,24-12-6-3-7-13-24)26(32)31(21)25-14-17-30(18-15-25)20-22-9-8-16-28-19-22;2*3-2(4,5)1(6)7/h2-13,16,19,25H,14-15,17-18,20H2,1H3;2*(H,6,7). The summed E-state index contributed by atoms with van der Waals surface area (Å²) in [6, 6.07) is 24.2. The van der Waals surface area contributed by atoms with E-state index in [0.717, 1.165) is 49.4 Å². The highest BCUT2D eigenvalue weighted by Gasteiger charge is 2.51. The van der Waals surface area contributed by atoms with Gasteiger partial charge in [0.15, 0.2) is 5.54 Å². The van der Waals surface area contributed by atoms with Crippen LogP contribution in [0.5, 0.6) is 0 Å². The van der Waals surface area contributed by atoms with Gasteiger partial charge in [0.25, 0.3) is 5.91 Å². The van der Waals surface area contributed by atoms with Crippen LogP contribution in [0.1, 0.15) is 36.5 Å². The van der Waals surface area contributed by atoms with Crippen molar-refractivity contribution in [1.29, 1.82) is 0 Å². The monoisotopic (exact) mass is 652 g/mol. The van der Waals surface area contributed by atoms with Gasteiger partial charge in [0, 0.05) is 38.1 Å². The molecule has 0 unspecified atom stereocenters. The van der Waals surface area contributed by atoms with Gasteiger partial charge in [0.1, 0.15) is 5.84 Å². The Balaban J connectivity index is 0.000000345. The minimum absolute atomic E-state index is 0.0677. The van der Waals surface area contributed by atoms with Gasteiger partial charge in [-0.15, -0.1) is 0 Å². The molecule has 2 N–H and O–H groups in total. The maximum Gasteiger partial charge on any atom is 0.490 e. The highest BCUT2D eigenvalue weighted by molar-refractivity contribution is 6.10. The smallest absolute Gasteiger partial charge is 0.475 e. The average Bonchev–Trinajstić information content (AvgIpc) is 3.29.